The molecule has 0 radical (unpaired) electrons. The van der Waals surface area contributed by atoms with Gasteiger partial charge in [0.15, 0.2) is 11.5 Å². The Bertz CT molecular complexity index is 743. The number of nitrogens with one attached hydrogen (secondary N) is 1. The number of aromatic carboxylic acids is 1. The second kappa shape index (κ2) is 6.39. The van der Waals surface area contributed by atoms with Gasteiger partial charge in [-0.15, -0.1) is 0 Å². The Labute approximate surface area is 132 Å². The minimum Gasteiger partial charge on any atom is -0.545 e. The van der Waals surface area contributed by atoms with Crippen LogP contribution in [0.4, 0.5) is 0 Å². The van der Waals surface area contributed by atoms with Crippen molar-refractivity contribution in [2.24, 2.45) is 0 Å². The van der Waals surface area contributed by atoms with Crippen molar-refractivity contribution in [2.75, 3.05) is 13.2 Å². The molecular formula is C17H14NO5-. The van der Waals surface area contributed by atoms with E-state index in [1.165, 1.54) is 18.2 Å². The number of carboxylic acid groups (broad SMARTS) is 1. The molecule has 2 aromatic rings. The maximum absolute atomic E-state index is 12.2. The number of hydrogen-bond donors (Lipinski definition) is 1. The number of amides is 1. The van der Waals surface area contributed by atoms with Crippen molar-refractivity contribution in [1.29, 1.82) is 0 Å². The zero-order chi connectivity index (χ0) is 16.2. The van der Waals surface area contributed by atoms with Crippen molar-refractivity contribution in [2.45, 2.75) is 6.10 Å². The molecule has 0 aromatic heterocycles. The summed E-state index contributed by atoms with van der Waals surface area (Å²) >= 11 is 0. The van der Waals surface area contributed by atoms with Crippen molar-refractivity contribution in [3.8, 4) is 11.5 Å². The predicted octanol–water partition coefficient (Wildman–Crippen LogP) is 0.620. The fourth-order valence-corrected chi connectivity index (χ4v) is 2.32. The summed E-state index contributed by atoms with van der Waals surface area (Å²) < 4.78 is 11.3. The number of carboxylic acids is 1. The van der Waals surface area contributed by atoms with Crippen molar-refractivity contribution < 1.29 is 24.2 Å². The second-order valence-electron chi connectivity index (χ2n) is 5.04. The van der Waals surface area contributed by atoms with Gasteiger partial charge < -0.3 is 24.7 Å². The lowest BCUT2D eigenvalue weighted by molar-refractivity contribution is -0.255. The molecule has 0 saturated carbocycles. The molecule has 6 nitrogen and oxygen atoms in total. The van der Waals surface area contributed by atoms with E-state index in [-0.39, 0.29) is 23.8 Å². The largest absolute Gasteiger partial charge is 0.545 e. The van der Waals surface area contributed by atoms with Gasteiger partial charge in [0.25, 0.3) is 5.91 Å². The summed E-state index contributed by atoms with van der Waals surface area (Å²) in [6.07, 6.45) is -0.344. The van der Waals surface area contributed by atoms with Gasteiger partial charge in [0.05, 0.1) is 12.5 Å². The number of para-hydroxylation sites is 2. The van der Waals surface area contributed by atoms with Crippen LogP contribution in [0.2, 0.25) is 0 Å². The van der Waals surface area contributed by atoms with Crippen LogP contribution in [-0.2, 0) is 0 Å². The summed E-state index contributed by atoms with van der Waals surface area (Å²) in [6.45, 7) is 0.508. The summed E-state index contributed by atoms with van der Waals surface area (Å²) in [7, 11) is 0. The molecule has 0 spiro atoms. The summed E-state index contributed by atoms with van der Waals surface area (Å²) in [4.78, 5) is 23.2. The molecular weight excluding hydrogens is 298 g/mol. The van der Waals surface area contributed by atoms with E-state index < -0.39 is 11.9 Å². The number of carbonyl (C=O) groups excluding carboxylic acids is 2. The first-order chi connectivity index (χ1) is 11.1. The highest BCUT2D eigenvalue weighted by molar-refractivity contribution is 6.04. The molecule has 0 aliphatic carbocycles. The Morgan fingerprint density at radius 2 is 1.70 bits per heavy atom. The third-order valence-corrected chi connectivity index (χ3v) is 3.45. The minimum atomic E-state index is -1.39. The van der Waals surface area contributed by atoms with Gasteiger partial charge in [-0.05, 0) is 18.2 Å². The molecule has 0 saturated heterocycles. The first-order valence-electron chi connectivity index (χ1n) is 7.12. The van der Waals surface area contributed by atoms with E-state index in [9.17, 15) is 14.7 Å². The number of carbonyl (C=O) groups is 2. The molecule has 1 heterocycles. The summed E-state index contributed by atoms with van der Waals surface area (Å²) in [5.74, 6) is -0.598. The van der Waals surface area contributed by atoms with Gasteiger partial charge in [-0.1, -0.05) is 30.3 Å². The molecule has 3 rings (SSSR count). The monoisotopic (exact) mass is 312 g/mol. The molecule has 23 heavy (non-hydrogen) atoms. The van der Waals surface area contributed by atoms with E-state index in [1.54, 1.807) is 18.2 Å². The number of fused-ring (bicyclic) bond motifs is 1. The average molecular weight is 312 g/mol. The highest BCUT2D eigenvalue weighted by atomic mass is 16.6. The SMILES string of the molecule is O=C([O-])c1ccccc1C(=O)NC[C@@H]1COc2ccccc2O1. The topological polar surface area (TPSA) is 87.7 Å². The summed E-state index contributed by atoms with van der Waals surface area (Å²) in [5.41, 5.74) is -0.0826. The molecule has 1 N–H and O–H groups in total. The Kier molecular flexibility index (Phi) is 4.14. The molecule has 1 aliphatic rings. The third kappa shape index (κ3) is 3.26. The molecule has 0 bridgehead atoms. The minimum absolute atomic E-state index is 0.0598. The van der Waals surface area contributed by atoms with Crippen molar-refractivity contribution >= 4 is 11.9 Å². The lowest BCUT2D eigenvalue weighted by Gasteiger charge is -2.26. The number of benzene rings is 2. The van der Waals surface area contributed by atoms with E-state index in [4.69, 9.17) is 9.47 Å². The van der Waals surface area contributed by atoms with Crippen LogP contribution in [0.1, 0.15) is 20.7 Å². The van der Waals surface area contributed by atoms with Gasteiger partial charge in [-0.3, -0.25) is 4.79 Å². The quantitative estimate of drug-likeness (QED) is 0.894. The van der Waals surface area contributed by atoms with E-state index in [0.29, 0.717) is 18.1 Å². The van der Waals surface area contributed by atoms with Crippen LogP contribution in [0.3, 0.4) is 0 Å². The van der Waals surface area contributed by atoms with Gasteiger partial charge in [-0.2, -0.15) is 0 Å². The number of ether oxygens (including phenoxy) is 2. The molecule has 1 atom stereocenters. The zero-order valence-corrected chi connectivity index (χ0v) is 12.2. The van der Waals surface area contributed by atoms with E-state index >= 15 is 0 Å². The van der Waals surface area contributed by atoms with Gasteiger partial charge in [0.2, 0.25) is 0 Å². The maximum Gasteiger partial charge on any atom is 0.252 e. The average Bonchev–Trinajstić information content (AvgIpc) is 2.59. The Morgan fingerprint density at radius 1 is 1.04 bits per heavy atom. The van der Waals surface area contributed by atoms with Crippen LogP contribution in [0, 0.1) is 0 Å². The second-order valence-corrected chi connectivity index (χ2v) is 5.04. The van der Waals surface area contributed by atoms with Gasteiger partial charge in [0, 0.05) is 11.1 Å². The van der Waals surface area contributed by atoms with Crippen molar-refractivity contribution in [3.05, 3.63) is 59.7 Å². The molecule has 118 valence electrons. The first kappa shape index (κ1) is 14.9. The summed E-state index contributed by atoms with van der Waals surface area (Å²) in [5, 5.41) is 13.7. The van der Waals surface area contributed by atoms with Gasteiger partial charge >= 0.3 is 0 Å². The van der Waals surface area contributed by atoms with E-state index in [2.05, 4.69) is 5.32 Å². The molecule has 0 fully saturated rings. The highest BCUT2D eigenvalue weighted by Gasteiger charge is 2.21. The number of hydrogen-bond acceptors (Lipinski definition) is 5. The Morgan fingerprint density at radius 3 is 2.43 bits per heavy atom. The molecule has 1 aliphatic heterocycles. The first-order valence-corrected chi connectivity index (χ1v) is 7.12. The molecule has 2 aromatic carbocycles. The highest BCUT2D eigenvalue weighted by Crippen LogP contribution is 2.30. The Balaban J connectivity index is 1.63. The van der Waals surface area contributed by atoms with Crippen molar-refractivity contribution in [3.63, 3.8) is 0 Å². The van der Waals surface area contributed by atoms with Crippen LogP contribution >= 0.6 is 0 Å². The molecule has 6 heteroatoms. The van der Waals surface area contributed by atoms with Gasteiger partial charge in [0.1, 0.15) is 12.7 Å². The fourth-order valence-electron chi connectivity index (χ4n) is 2.32. The maximum atomic E-state index is 12.2. The zero-order valence-electron chi connectivity index (χ0n) is 12.2. The van der Waals surface area contributed by atoms with E-state index in [1.807, 2.05) is 12.1 Å². The van der Waals surface area contributed by atoms with Crippen molar-refractivity contribution in [1.82, 2.24) is 5.32 Å². The smallest absolute Gasteiger partial charge is 0.252 e. The van der Waals surface area contributed by atoms with Crippen LogP contribution in [0.5, 0.6) is 11.5 Å². The Hall–Kier alpha value is -3.02. The standard InChI is InChI=1S/C17H15NO5/c19-16(12-5-1-2-6-13(12)17(20)21)18-9-11-10-22-14-7-3-4-8-15(14)23-11/h1-8,11H,9-10H2,(H,18,19)(H,20,21)/p-1/t11-/m1/s1. The lowest BCUT2D eigenvalue weighted by atomic mass is 10.1. The van der Waals surface area contributed by atoms with E-state index in [0.717, 1.165) is 0 Å². The predicted molar refractivity (Wildman–Crippen MR) is 79.5 cm³/mol. The van der Waals surface area contributed by atoms with Crippen LogP contribution in [0.15, 0.2) is 48.5 Å². The third-order valence-electron chi connectivity index (χ3n) is 3.45. The van der Waals surface area contributed by atoms with Crippen LogP contribution in [-0.4, -0.2) is 31.1 Å². The summed E-state index contributed by atoms with van der Waals surface area (Å²) in [6, 6.07) is 13.2. The lowest BCUT2D eigenvalue weighted by Crippen LogP contribution is -2.41. The fraction of sp³-hybridized carbons (Fsp3) is 0.176. The van der Waals surface area contributed by atoms with Gasteiger partial charge in [-0.25, -0.2) is 0 Å². The van der Waals surface area contributed by atoms with Crippen LogP contribution < -0.4 is 19.9 Å². The normalized spacial score (nSPS) is 15.7. The molecule has 1 amide bonds. The van der Waals surface area contributed by atoms with Crippen LogP contribution in [0.25, 0.3) is 0 Å². The number of rotatable bonds is 4. The molecule has 0 unspecified atom stereocenters.